The van der Waals surface area contributed by atoms with Gasteiger partial charge in [-0.05, 0) is 30.8 Å². The molecule has 0 radical (unpaired) electrons. The maximum Gasteiger partial charge on any atom is 0.0562 e. The molecule has 4 heteroatoms. The lowest BCUT2D eigenvalue weighted by Gasteiger charge is -2.25. The highest BCUT2D eigenvalue weighted by Gasteiger charge is 2.12. The van der Waals surface area contributed by atoms with E-state index in [1.165, 1.54) is 5.71 Å². The zero-order chi connectivity index (χ0) is 12.1. The lowest BCUT2D eigenvalue weighted by molar-refractivity contribution is 0.289. The van der Waals surface area contributed by atoms with Crippen molar-refractivity contribution in [3.63, 3.8) is 0 Å². The Hall–Kier alpha value is -1.06. The zero-order valence-corrected chi connectivity index (χ0v) is 10.9. The molecule has 92 valence electrons. The fraction of sp³-hybridized carbons (Fsp3) is 0.462. The van der Waals surface area contributed by atoms with Crippen LogP contribution in [0, 0.1) is 0 Å². The van der Waals surface area contributed by atoms with Gasteiger partial charge in [-0.25, -0.2) is 0 Å². The van der Waals surface area contributed by atoms with Gasteiger partial charge in [-0.2, -0.15) is 5.10 Å². The number of nitrogens with zero attached hydrogens (tertiary/aromatic N) is 2. The first-order valence-electron chi connectivity index (χ1n) is 6.07. The molecule has 1 aromatic rings. The Labute approximate surface area is 107 Å². The van der Waals surface area contributed by atoms with Crippen molar-refractivity contribution in [1.82, 2.24) is 4.90 Å². The molecule has 17 heavy (non-hydrogen) atoms. The third kappa shape index (κ3) is 3.72. The normalized spacial score (nSPS) is 16.9. The number of hydrogen-bond acceptors (Lipinski definition) is 3. The molecule has 0 atom stereocenters. The van der Waals surface area contributed by atoms with E-state index in [1.807, 2.05) is 24.3 Å². The standard InChI is InChI=1S/C13H18ClN3/c1-2-17-9-7-13(8-10-17)16-15-12-5-3-11(14)4-6-12/h3-6,15H,2,7-10H2,1H3. The molecule has 0 bridgehead atoms. The minimum Gasteiger partial charge on any atom is -0.303 e. The second-order valence-corrected chi connectivity index (χ2v) is 4.67. The lowest BCUT2D eigenvalue weighted by atomic mass is 10.1. The molecule has 0 spiro atoms. The molecule has 2 rings (SSSR count). The number of piperidine rings is 1. The van der Waals surface area contributed by atoms with Crippen molar-refractivity contribution in [3.05, 3.63) is 29.3 Å². The Balaban J connectivity index is 1.87. The third-order valence-corrected chi connectivity index (χ3v) is 3.32. The molecule has 1 fully saturated rings. The number of benzene rings is 1. The highest BCUT2D eigenvalue weighted by atomic mass is 35.5. The molecule has 1 heterocycles. The molecular weight excluding hydrogens is 234 g/mol. The summed E-state index contributed by atoms with van der Waals surface area (Å²) < 4.78 is 0. The minimum atomic E-state index is 0.749. The summed E-state index contributed by atoms with van der Waals surface area (Å²) in [6.45, 7) is 5.58. The molecule has 1 N–H and O–H groups in total. The van der Waals surface area contributed by atoms with Crippen LogP contribution in [0.15, 0.2) is 29.4 Å². The second-order valence-electron chi connectivity index (χ2n) is 4.23. The van der Waals surface area contributed by atoms with Gasteiger partial charge in [-0.15, -0.1) is 0 Å². The third-order valence-electron chi connectivity index (χ3n) is 3.07. The van der Waals surface area contributed by atoms with Crippen LogP contribution >= 0.6 is 11.6 Å². The van der Waals surface area contributed by atoms with Crippen molar-refractivity contribution < 1.29 is 0 Å². The predicted octanol–water partition coefficient (Wildman–Crippen LogP) is 3.22. The summed E-state index contributed by atoms with van der Waals surface area (Å²) in [6, 6.07) is 7.61. The molecular formula is C13H18ClN3. The van der Waals surface area contributed by atoms with Gasteiger partial charge >= 0.3 is 0 Å². The van der Waals surface area contributed by atoms with Gasteiger partial charge in [0, 0.05) is 36.7 Å². The van der Waals surface area contributed by atoms with Gasteiger partial charge in [0.25, 0.3) is 0 Å². The molecule has 1 aliphatic heterocycles. The van der Waals surface area contributed by atoms with E-state index >= 15 is 0 Å². The maximum atomic E-state index is 5.82. The molecule has 0 saturated carbocycles. The fourth-order valence-corrected chi connectivity index (χ4v) is 2.03. The summed E-state index contributed by atoms with van der Waals surface area (Å²) in [7, 11) is 0. The van der Waals surface area contributed by atoms with Crippen LogP contribution < -0.4 is 5.43 Å². The van der Waals surface area contributed by atoms with Gasteiger partial charge in [-0.1, -0.05) is 18.5 Å². The van der Waals surface area contributed by atoms with Gasteiger partial charge in [0.05, 0.1) is 5.69 Å². The number of nitrogens with one attached hydrogen (secondary N) is 1. The molecule has 3 nitrogen and oxygen atoms in total. The fourth-order valence-electron chi connectivity index (χ4n) is 1.91. The minimum absolute atomic E-state index is 0.749. The van der Waals surface area contributed by atoms with Gasteiger partial charge in [0.1, 0.15) is 0 Å². The van der Waals surface area contributed by atoms with E-state index < -0.39 is 0 Å². The van der Waals surface area contributed by atoms with E-state index in [0.717, 1.165) is 43.2 Å². The molecule has 1 aliphatic rings. The monoisotopic (exact) mass is 251 g/mol. The number of rotatable bonds is 3. The molecule has 0 amide bonds. The second kappa shape index (κ2) is 6.03. The summed E-state index contributed by atoms with van der Waals surface area (Å²) >= 11 is 5.82. The van der Waals surface area contributed by atoms with Crippen LogP contribution in [-0.4, -0.2) is 30.2 Å². The number of halogens is 1. The van der Waals surface area contributed by atoms with Crippen LogP contribution in [0.25, 0.3) is 0 Å². The number of anilines is 1. The summed E-state index contributed by atoms with van der Waals surface area (Å²) in [5.74, 6) is 0. The molecule has 0 unspecified atom stereocenters. The largest absolute Gasteiger partial charge is 0.303 e. The summed E-state index contributed by atoms with van der Waals surface area (Å²) in [6.07, 6.45) is 2.13. The topological polar surface area (TPSA) is 27.6 Å². The Morgan fingerprint density at radius 1 is 1.24 bits per heavy atom. The van der Waals surface area contributed by atoms with Crippen molar-refractivity contribution in [2.75, 3.05) is 25.1 Å². The first kappa shape index (κ1) is 12.4. The summed E-state index contributed by atoms with van der Waals surface area (Å²) in [5.41, 5.74) is 5.33. The highest BCUT2D eigenvalue weighted by molar-refractivity contribution is 6.30. The average Bonchev–Trinajstić information content (AvgIpc) is 2.39. The van der Waals surface area contributed by atoms with E-state index in [-0.39, 0.29) is 0 Å². The Morgan fingerprint density at radius 2 is 1.88 bits per heavy atom. The van der Waals surface area contributed by atoms with Crippen LogP contribution in [0.1, 0.15) is 19.8 Å². The van der Waals surface area contributed by atoms with Crippen molar-refractivity contribution in [1.29, 1.82) is 0 Å². The number of likely N-dealkylation sites (tertiary alicyclic amines) is 1. The smallest absolute Gasteiger partial charge is 0.0562 e. The van der Waals surface area contributed by atoms with Crippen LogP contribution in [0.3, 0.4) is 0 Å². The van der Waals surface area contributed by atoms with Crippen molar-refractivity contribution in [3.8, 4) is 0 Å². The van der Waals surface area contributed by atoms with Crippen molar-refractivity contribution >= 4 is 23.0 Å². The summed E-state index contributed by atoms with van der Waals surface area (Å²) in [5, 5.41) is 5.20. The van der Waals surface area contributed by atoms with Gasteiger partial charge in [-0.3, -0.25) is 5.43 Å². The Bertz CT molecular complexity index is 376. The van der Waals surface area contributed by atoms with E-state index in [4.69, 9.17) is 11.6 Å². The molecule has 0 aromatic heterocycles. The van der Waals surface area contributed by atoms with E-state index in [2.05, 4.69) is 22.4 Å². The summed E-state index contributed by atoms with van der Waals surface area (Å²) in [4.78, 5) is 2.45. The van der Waals surface area contributed by atoms with Gasteiger partial charge in [0.15, 0.2) is 0 Å². The van der Waals surface area contributed by atoms with Crippen LogP contribution in [-0.2, 0) is 0 Å². The lowest BCUT2D eigenvalue weighted by Crippen LogP contribution is -2.33. The van der Waals surface area contributed by atoms with Crippen LogP contribution in [0.5, 0.6) is 0 Å². The predicted molar refractivity (Wildman–Crippen MR) is 73.9 cm³/mol. The van der Waals surface area contributed by atoms with Crippen molar-refractivity contribution in [2.45, 2.75) is 19.8 Å². The van der Waals surface area contributed by atoms with E-state index in [1.54, 1.807) is 0 Å². The zero-order valence-electron chi connectivity index (χ0n) is 10.1. The first-order valence-corrected chi connectivity index (χ1v) is 6.45. The number of hydrogen-bond donors (Lipinski definition) is 1. The Kier molecular flexibility index (Phi) is 4.40. The Morgan fingerprint density at radius 3 is 2.47 bits per heavy atom. The number of hydrazone groups is 1. The van der Waals surface area contributed by atoms with E-state index in [0.29, 0.717) is 0 Å². The van der Waals surface area contributed by atoms with Crippen LogP contribution in [0.2, 0.25) is 5.02 Å². The quantitative estimate of drug-likeness (QED) is 0.836. The first-order chi connectivity index (χ1) is 8.28. The SMILES string of the molecule is CCN1CCC(=NNc2ccc(Cl)cc2)CC1. The average molecular weight is 252 g/mol. The van der Waals surface area contributed by atoms with E-state index in [9.17, 15) is 0 Å². The maximum absolute atomic E-state index is 5.82. The van der Waals surface area contributed by atoms with Gasteiger partial charge in [0.2, 0.25) is 0 Å². The molecule has 1 aromatic carbocycles. The van der Waals surface area contributed by atoms with Gasteiger partial charge < -0.3 is 4.90 Å². The molecule has 1 saturated heterocycles. The molecule has 0 aliphatic carbocycles. The van der Waals surface area contributed by atoms with Crippen molar-refractivity contribution in [2.24, 2.45) is 5.10 Å². The van der Waals surface area contributed by atoms with Crippen LogP contribution in [0.4, 0.5) is 5.69 Å². The highest BCUT2D eigenvalue weighted by Crippen LogP contribution is 2.14.